The summed E-state index contributed by atoms with van der Waals surface area (Å²) in [7, 11) is 0. The molecule has 4 N–H and O–H groups in total. The largest absolute Gasteiger partial charge is 0.507 e. The molecule has 0 unspecified atom stereocenters. The molecule has 0 saturated carbocycles. The van der Waals surface area contributed by atoms with Crippen molar-refractivity contribution in [1.29, 1.82) is 0 Å². The Morgan fingerprint density at radius 3 is 2.31 bits per heavy atom. The number of phenolic OH excluding ortho intramolecular Hbond substituents is 1. The fraction of sp³-hybridized carbons (Fsp3) is 0.500. The average Bonchev–Trinajstić information content (AvgIpc) is 2.20. The van der Waals surface area contributed by atoms with Gasteiger partial charge in [0, 0.05) is 5.56 Å². The SMILES string of the molecule is Cc1cccc([C@H](N)[C@H](O)C(C)C)c1O.Cl. The molecule has 0 heterocycles. The van der Waals surface area contributed by atoms with Crippen molar-refractivity contribution in [2.24, 2.45) is 11.7 Å². The zero-order valence-electron chi connectivity index (χ0n) is 9.84. The molecule has 2 atom stereocenters. The maximum absolute atomic E-state index is 9.83. The fourth-order valence-corrected chi connectivity index (χ4v) is 1.55. The molecule has 0 aromatic heterocycles. The van der Waals surface area contributed by atoms with E-state index < -0.39 is 12.1 Å². The molecule has 0 amide bonds. The predicted octanol–water partition coefficient (Wildman–Crippen LogP) is 2.14. The van der Waals surface area contributed by atoms with Gasteiger partial charge in [-0.05, 0) is 18.4 Å². The number of para-hydroxylation sites is 1. The molecular weight excluding hydrogens is 226 g/mol. The van der Waals surface area contributed by atoms with Crippen LogP contribution in [0.1, 0.15) is 31.0 Å². The summed E-state index contributed by atoms with van der Waals surface area (Å²) in [5.74, 6) is 0.254. The van der Waals surface area contributed by atoms with Crippen molar-refractivity contribution >= 4 is 12.4 Å². The third kappa shape index (κ3) is 3.11. The number of aliphatic hydroxyl groups excluding tert-OH is 1. The molecule has 4 heteroatoms. The number of nitrogens with two attached hydrogens (primary N) is 1. The number of rotatable bonds is 3. The molecule has 3 nitrogen and oxygen atoms in total. The lowest BCUT2D eigenvalue weighted by molar-refractivity contribution is 0.0969. The Hall–Kier alpha value is -0.770. The number of hydrogen-bond donors (Lipinski definition) is 3. The van der Waals surface area contributed by atoms with Gasteiger partial charge in [0.2, 0.25) is 0 Å². The number of phenols is 1. The molecule has 1 rings (SSSR count). The first-order valence-electron chi connectivity index (χ1n) is 5.17. The molecule has 0 aliphatic carbocycles. The van der Waals surface area contributed by atoms with E-state index in [4.69, 9.17) is 5.73 Å². The maximum Gasteiger partial charge on any atom is 0.123 e. The van der Waals surface area contributed by atoms with Gasteiger partial charge in [0.1, 0.15) is 5.75 Å². The Balaban J connectivity index is 0.00000225. The number of hydrogen-bond acceptors (Lipinski definition) is 3. The zero-order valence-corrected chi connectivity index (χ0v) is 10.7. The fourth-order valence-electron chi connectivity index (χ4n) is 1.55. The third-order valence-electron chi connectivity index (χ3n) is 2.68. The van der Waals surface area contributed by atoms with Crippen LogP contribution in [0.4, 0.5) is 0 Å². The standard InChI is InChI=1S/C12H19NO2.ClH/c1-7(2)11(14)10(13)9-6-4-5-8(3)12(9)15;/h4-7,10-11,14-15H,13H2,1-3H3;1H/t10-,11+;/m0./s1. The first kappa shape index (κ1) is 15.2. The summed E-state index contributed by atoms with van der Waals surface area (Å²) in [6, 6.07) is 4.85. The van der Waals surface area contributed by atoms with Gasteiger partial charge in [-0.15, -0.1) is 12.4 Å². The lowest BCUT2D eigenvalue weighted by Gasteiger charge is -2.23. The van der Waals surface area contributed by atoms with Crippen molar-refractivity contribution < 1.29 is 10.2 Å². The van der Waals surface area contributed by atoms with E-state index in [1.165, 1.54) is 0 Å². The predicted molar refractivity (Wildman–Crippen MR) is 67.9 cm³/mol. The number of aliphatic hydroxyl groups is 1. The second kappa shape index (κ2) is 6.09. The molecule has 0 spiro atoms. The minimum Gasteiger partial charge on any atom is -0.507 e. The van der Waals surface area contributed by atoms with Crippen LogP contribution in [-0.4, -0.2) is 16.3 Å². The normalized spacial score (nSPS) is 14.4. The van der Waals surface area contributed by atoms with Gasteiger partial charge in [0.15, 0.2) is 0 Å². The molecule has 0 aliphatic heterocycles. The third-order valence-corrected chi connectivity index (χ3v) is 2.68. The highest BCUT2D eigenvalue weighted by Gasteiger charge is 2.22. The quantitative estimate of drug-likeness (QED) is 0.764. The second-order valence-electron chi connectivity index (χ2n) is 4.27. The minimum absolute atomic E-state index is 0. The van der Waals surface area contributed by atoms with Crippen LogP contribution in [0.15, 0.2) is 18.2 Å². The Morgan fingerprint density at radius 2 is 1.81 bits per heavy atom. The monoisotopic (exact) mass is 245 g/mol. The van der Waals surface area contributed by atoms with E-state index in [1.807, 2.05) is 32.9 Å². The summed E-state index contributed by atoms with van der Waals surface area (Å²) >= 11 is 0. The average molecular weight is 246 g/mol. The van der Waals surface area contributed by atoms with Crippen LogP contribution in [-0.2, 0) is 0 Å². The number of aromatic hydroxyl groups is 1. The van der Waals surface area contributed by atoms with E-state index in [0.29, 0.717) is 5.56 Å². The van der Waals surface area contributed by atoms with E-state index in [9.17, 15) is 10.2 Å². The van der Waals surface area contributed by atoms with Gasteiger partial charge in [0.25, 0.3) is 0 Å². The van der Waals surface area contributed by atoms with Gasteiger partial charge in [-0.2, -0.15) is 0 Å². The van der Waals surface area contributed by atoms with Crippen molar-refractivity contribution in [3.05, 3.63) is 29.3 Å². The smallest absolute Gasteiger partial charge is 0.123 e. The highest BCUT2D eigenvalue weighted by Crippen LogP contribution is 2.29. The Kier molecular flexibility index (Phi) is 5.79. The van der Waals surface area contributed by atoms with Crippen molar-refractivity contribution in [3.8, 4) is 5.75 Å². The van der Waals surface area contributed by atoms with Crippen LogP contribution < -0.4 is 5.73 Å². The molecule has 1 aromatic rings. The molecule has 1 aromatic carbocycles. The molecule has 16 heavy (non-hydrogen) atoms. The van der Waals surface area contributed by atoms with Gasteiger partial charge in [-0.3, -0.25) is 0 Å². The highest BCUT2D eigenvalue weighted by molar-refractivity contribution is 5.85. The summed E-state index contributed by atoms with van der Waals surface area (Å²) in [6.07, 6.45) is -0.641. The first-order chi connectivity index (χ1) is 6.95. The van der Waals surface area contributed by atoms with Gasteiger partial charge < -0.3 is 15.9 Å². The van der Waals surface area contributed by atoms with Crippen LogP contribution in [0.3, 0.4) is 0 Å². The lowest BCUT2D eigenvalue weighted by Crippen LogP contribution is -2.30. The number of benzene rings is 1. The highest BCUT2D eigenvalue weighted by atomic mass is 35.5. The Morgan fingerprint density at radius 1 is 1.25 bits per heavy atom. The molecule has 0 fully saturated rings. The van der Waals surface area contributed by atoms with E-state index >= 15 is 0 Å². The molecular formula is C12H20ClNO2. The van der Waals surface area contributed by atoms with Crippen molar-refractivity contribution in [3.63, 3.8) is 0 Å². The molecule has 0 bridgehead atoms. The van der Waals surface area contributed by atoms with E-state index in [-0.39, 0.29) is 24.1 Å². The molecule has 0 radical (unpaired) electrons. The Labute approximate surface area is 103 Å². The van der Waals surface area contributed by atoms with Gasteiger partial charge in [0.05, 0.1) is 12.1 Å². The van der Waals surface area contributed by atoms with Crippen LogP contribution >= 0.6 is 12.4 Å². The van der Waals surface area contributed by atoms with Crippen LogP contribution in [0.2, 0.25) is 0 Å². The van der Waals surface area contributed by atoms with Gasteiger partial charge >= 0.3 is 0 Å². The first-order valence-corrected chi connectivity index (χ1v) is 5.17. The van der Waals surface area contributed by atoms with Gasteiger partial charge in [-0.1, -0.05) is 32.0 Å². The molecule has 0 saturated heterocycles. The summed E-state index contributed by atoms with van der Waals surface area (Å²) < 4.78 is 0. The maximum atomic E-state index is 9.83. The van der Waals surface area contributed by atoms with Crippen LogP contribution in [0, 0.1) is 12.8 Å². The van der Waals surface area contributed by atoms with Gasteiger partial charge in [-0.25, -0.2) is 0 Å². The van der Waals surface area contributed by atoms with Crippen LogP contribution in [0.5, 0.6) is 5.75 Å². The number of aryl methyl sites for hydroxylation is 1. The summed E-state index contributed by atoms with van der Waals surface area (Å²) in [6.45, 7) is 5.61. The van der Waals surface area contributed by atoms with Crippen LogP contribution in [0.25, 0.3) is 0 Å². The molecule has 0 aliphatic rings. The van der Waals surface area contributed by atoms with Crippen molar-refractivity contribution in [2.75, 3.05) is 0 Å². The zero-order chi connectivity index (χ0) is 11.6. The lowest BCUT2D eigenvalue weighted by atomic mass is 9.93. The number of halogens is 1. The van der Waals surface area contributed by atoms with E-state index in [0.717, 1.165) is 5.56 Å². The second-order valence-corrected chi connectivity index (χ2v) is 4.27. The topological polar surface area (TPSA) is 66.5 Å². The molecule has 92 valence electrons. The van der Waals surface area contributed by atoms with E-state index in [1.54, 1.807) is 6.07 Å². The summed E-state index contributed by atoms with van der Waals surface area (Å²) in [5, 5.41) is 19.6. The Bertz CT molecular complexity index is 342. The van der Waals surface area contributed by atoms with Crippen molar-refractivity contribution in [2.45, 2.75) is 32.9 Å². The summed E-state index contributed by atoms with van der Waals surface area (Å²) in [5.41, 5.74) is 7.28. The van der Waals surface area contributed by atoms with Crippen molar-refractivity contribution in [1.82, 2.24) is 0 Å². The van der Waals surface area contributed by atoms with E-state index in [2.05, 4.69) is 0 Å². The minimum atomic E-state index is -0.641. The summed E-state index contributed by atoms with van der Waals surface area (Å²) in [4.78, 5) is 0.